The molecule has 1 fully saturated rings. The first kappa shape index (κ1) is 19.6. The topological polar surface area (TPSA) is 66.3 Å². The highest BCUT2D eigenvalue weighted by Crippen LogP contribution is 2.16. The zero-order valence-electron chi connectivity index (χ0n) is 17.1. The van der Waals surface area contributed by atoms with Crippen molar-refractivity contribution in [2.75, 3.05) is 13.1 Å². The van der Waals surface area contributed by atoms with Crippen LogP contribution in [-0.2, 0) is 27.2 Å². The highest BCUT2D eigenvalue weighted by Gasteiger charge is 2.25. The van der Waals surface area contributed by atoms with E-state index in [0.29, 0.717) is 29.1 Å². The Kier molecular flexibility index (Phi) is 5.12. The van der Waals surface area contributed by atoms with Gasteiger partial charge in [-0.1, -0.05) is 25.1 Å². The van der Waals surface area contributed by atoms with Crippen molar-refractivity contribution >= 4 is 11.2 Å². The third kappa shape index (κ3) is 3.53. The van der Waals surface area contributed by atoms with Crippen LogP contribution in [0.1, 0.15) is 31.2 Å². The molecule has 0 bridgehead atoms. The lowest BCUT2D eigenvalue weighted by Crippen LogP contribution is -3.11. The minimum absolute atomic E-state index is 0.204. The van der Waals surface area contributed by atoms with Crippen LogP contribution in [0.5, 0.6) is 0 Å². The maximum atomic E-state index is 14.4. The quantitative estimate of drug-likeness (QED) is 0.691. The molecule has 29 heavy (non-hydrogen) atoms. The first-order valence-electron chi connectivity index (χ1n) is 10.1. The molecule has 3 heterocycles. The molecule has 1 aromatic carbocycles. The normalized spacial score (nSPS) is 19.7. The van der Waals surface area contributed by atoms with Crippen molar-refractivity contribution in [3.8, 4) is 0 Å². The number of aryl methyl sites for hydroxylation is 1. The number of nitrogens with one attached hydrogen (secondary N) is 1. The van der Waals surface area contributed by atoms with Crippen molar-refractivity contribution in [2.45, 2.75) is 32.9 Å². The van der Waals surface area contributed by atoms with Crippen molar-refractivity contribution < 1.29 is 9.29 Å². The smallest absolute Gasteiger partial charge is 0.329 e. The Labute approximate surface area is 168 Å². The number of likely N-dealkylation sites (tertiary alicyclic amines) is 1. The van der Waals surface area contributed by atoms with E-state index >= 15 is 0 Å². The van der Waals surface area contributed by atoms with Gasteiger partial charge in [0.2, 0.25) is 0 Å². The van der Waals surface area contributed by atoms with E-state index in [2.05, 4.69) is 11.9 Å². The van der Waals surface area contributed by atoms with Crippen molar-refractivity contribution in [3.05, 3.63) is 62.3 Å². The zero-order valence-corrected chi connectivity index (χ0v) is 17.1. The Morgan fingerprint density at radius 2 is 1.83 bits per heavy atom. The summed E-state index contributed by atoms with van der Waals surface area (Å²) in [6.07, 6.45) is 2.31. The molecule has 0 amide bonds. The number of quaternary nitrogens is 1. The third-order valence-corrected chi connectivity index (χ3v) is 6.10. The molecular weight excluding hydrogens is 373 g/mol. The number of benzene rings is 1. The molecule has 0 unspecified atom stereocenters. The molecule has 4 rings (SSSR count). The zero-order chi connectivity index (χ0) is 20.7. The van der Waals surface area contributed by atoms with Gasteiger partial charge in [0.05, 0.1) is 19.6 Å². The van der Waals surface area contributed by atoms with Gasteiger partial charge in [0.1, 0.15) is 12.4 Å². The molecule has 1 aliphatic heterocycles. The Morgan fingerprint density at radius 1 is 1.14 bits per heavy atom. The molecule has 1 aliphatic rings. The summed E-state index contributed by atoms with van der Waals surface area (Å²) in [6.45, 7) is 5.20. The summed E-state index contributed by atoms with van der Waals surface area (Å²) in [4.78, 5) is 31.4. The minimum atomic E-state index is -0.413. The molecule has 0 radical (unpaired) electrons. The van der Waals surface area contributed by atoms with Crippen LogP contribution in [0.4, 0.5) is 4.39 Å². The summed E-state index contributed by atoms with van der Waals surface area (Å²) >= 11 is 0. The van der Waals surface area contributed by atoms with Gasteiger partial charge >= 0.3 is 5.69 Å². The molecule has 2 aromatic heterocycles. The number of piperidine rings is 1. The lowest BCUT2D eigenvalue weighted by Gasteiger charge is -2.27. The first-order chi connectivity index (χ1) is 13.9. The second kappa shape index (κ2) is 7.59. The number of rotatable bonds is 4. The van der Waals surface area contributed by atoms with Gasteiger partial charge in [-0.2, -0.15) is 0 Å². The molecule has 3 aromatic rings. The molecule has 1 N–H and O–H groups in total. The van der Waals surface area contributed by atoms with Crippen LogP contribution in [0.2, 0.25) is 0 Å². The molecule has 8 heteroatoms. The summed E-state index contributed by atoms with van der Waals surface area (Å²) < 4.78 is 18.6. The first-order valence-corrected chi connectivity index (χ1v) is 10.1. The summed E-state index contributed by atoms with van der Waals surface area (Å²) in [7, 11) is 3.07. The van der Waals surface area contributed by atoms with Gasteiger partial charge in [-0.25, -0.2) is 14.2 Å². The van der Waals surface area contributed by atoms with Gasteiger partial charge in [0, 0.05) is 19.7 Å². The van der Waals surface area contributed by atoms with Crippen molar-refractivity contribution in [2.24, 2.45) is 20.0 Å². The lowest BCUT2D eigenvalue weighted by atomic mass is 9.99. The van der Waals surface area contributed by atoms with Crippen molar-refractivity contribution in [1.82, 2.24) is 18.7 Å². The van der Waals surface area contributed by atoms with E-state index in [0.717, 1.165) is 36.4 Å². The Balaban J connectivity index is 1.86. The maximum Gasteiger partial charge on any atom is 0.332 e. The van der Waals surface area contributed by atoms with Crippen LogP contribution in [0.25, 0.3) is 11.2 Å². The number of fused-ring (bicyclic) bond motifs is 1. The second-order valence-corrected chi connectivity index (χ2v) is 8.19. The maximum absolute atomic E-state index is 14.4. The van der Waals surface area contributed by atoms with Crippen LogP contribution in [0, 0.1) is 11.7 Å². The summed E-state index contributed by atoms with van der Waals surface area (Å²) in [5, 5.41) is 0. The monoisotopic (exact) mass is 400 g/mol. The fourth-order valence-corrected chi connectivity index (χ4v) is 4.16. The molecule has 0 atom stereocenters. The van der Waals surface area contributed by atoms with Crippen LogP contribution < -0.4 is 16.1 Å². The minimum Gasteiger partial charge on any atom is -0.329 e. The van der Waals surface area contributed by atoms with Gasteiger partial charge < -0.3 is 9.47 Å². The summed E-state index contributed by atoms with van der Waals surface area (Å²) in [5.41, 5.74) is 0.377. The fourth-order valence-electron chi connectivity index (χ4n) is 4.16. The van der Waals surface area contributed by atoms with Crippen molar-refractivity contribution in [3.63, 3.8) is 0 Å². The standard InChI is InChI=1S/C21H26FN5O2/c1-14-8-10-26(11-9-14)13-17-23-19-18(20(28)25(3)21(29)24(19)2)27(17)12-15-6-4-5-7-16(15)22/h4-7,14H,8-13H2,1-3H3/p+1. The number of hydrogen-bond donors (Lipinski definition) is 1. The van der Waals surface area contributed by atoms with E-state index in [4.69, 9.17) is 0 Å². The molecule has 1 saturated heterocycles. The molecule has 0 aliphatic carbocycles. The van der Waals surface area contributed by atoms with E-state index < -0.39 is 11.2 Å². The summed E-state index contributed by atoms with van der Waals surface area (Å²) in [5.74, 6) is 1.12. The molecule has 7 nitrogen and oxygen atoms in total. The fraction of sp³-hybridized carbons (Fsp3) is 0.476. The summed E-state index contributed by atoms with van der Waals surface area (Å²) in [6, 6.07) is 6.56. The van der Waals surface area contributed by atoms with Crippen LogP contribution >= 0.6 is 0 Å². The van der Waals surface area contributed by atoms with Crippen LogP contribution in [-0.4, -0.2) is 31.8 Å². The highest BCUT2D eigenvalue weighted by atomic mass is 19.1. The molecule has 0 saturated carbocycles. The average molecular weight is 400 g/mol. The van der Waals surface area contributed by atoms with Gasteiger partial charge in [-0.3, -0.25) is 13.9 Å². The van der Waals surface area contributed by atoms with Gasteiger partial charge in [0.15, 0.2) is 17.0 Å². The van der Waals surface area contributed by atoms with Crippen molar-refractivity contribution in [1.29, 1.82) is 0 Å². The van der Waals surface area contributed by atoms with E-state index in [1.54, 1.807) is 29.8 Å². The lowest BCUT2D eigenvalue weighted by molar-refractivity contribution is -0.920. The molecule has 0 spiro atoms. The van der Waals surface area contributed by atoms with Gasteiger partial charge in [-0.15, -0.1) is 0 Å². The number of halogens is 1. The van der Waals surface area contributed by atoms with E-state index in [1.165, 1.54) is 22.6 Å². The van der Waals surface area contributed by atoms with Gasteiger partial charge in [0.25, 0.3) is 5.56 Å². The molecular formula is C21H27FN5O2+. The largest absolute Gasteiger partial charge is 0.332 e. The Hall–Kier alpha value is -2.74. The Bertz CT molecular complexity index is 1170. The third-order valence-electron chi connectivity index (χ3n) is 6.10. The number of aromatic nitrogens is 4. The van der Waals surface area contributed by atoms with Crippen LogP contribution in [0.3, 0.4) is 0 Å². The predicted octanol–water partition coefficient (Wildman–Crippen LogP) is 0.436. The number of nitrogens with zero attached hydrogens (tertiary/aromatic N) is 4. The van der Waals surface area contributed by atoms with E-state index in [9.17, 15) is 14.0 Å². The average Bonchev–Trinajstić information content (AvgIpc) is 3.06. The highest BCUT2D eigenvalue weighted by molar-refractivity contribution is 5.71. The van der Waals surface area contributed by atoms with E-state index in [-0.39, 0.29) is 12.4 Å². The second-order valence-electron chi connectivity index (χ2n) is 8.19. The van der Waals surface area contributed by atoms with Gasteiger partial charge in [-0.05, 0) is 24.8 Å². The SMILES string of the molecule is CC1CC[NH+](Cc2nc3c(c(=O)n(C)c(=O)n3C)n2Cc2ccccc2F)CC1. The predicted molar refractivity (Wildman–Crippen MR) is 109 cm³/mol. The molecule has 154 valence electrons. The van der Waals surface area contributed by atoms with Crippen LogP contribution in [0.15, 0.2) is 33.9 Å². The Morgan fingerprint density at radius 3 is 2.52 bits per heavy atom. The number of hydrogen-bond acceptors (Lipinski definition) is 3. The number of imidazole rings is 1. The van der Waals surface area contributed by atoms with E-state index in [1.807, 2.05) is 0 Å².